The van der Waals surface area contributed by atoms with Gasteiger partial charge >= 0.3 is 0 Å². The molecule has 5 rings (SSSR count). The van der Waals surface area contributed by atoms with Crippen molar-refractivity contribution in [1.29, 1.82) is 0 Å². The largest absolute Gasteiger partial charge is 0.489 e. The number of aromatic nitrogens is 3. The SMILES string of the molecule is CC.CC(O)(c1cccc(OC2CCCN(C(=O)c3ccccc3-n3nccn3)C2)c1)C1CCCC1. The number of hydrogen-bond acceptors (Lipinski definition) is 5. The van der Waals surface area contributed by atoms with E-state index in [1.165, 1.54) is 17.6 Å². The molecule has 2 atom stereocenters. The Hall–Kier alpha value is -3.19. The molecular formula is C29H38N4O3. The normalized spacial score (nSPS) is 19.8. The Morgan fingerprint density at radius 2 is 1.72 bits per heavy atom. The fraction of sp³-hybridized carbons (Fsp3) is 0.483. The average Bonchev–Trinajstić information content (AvgIpc) is 3.65. The lowest BCUT2D eigenvalue weighted by Gasteiger charge is -2.34. The van der Waals surface area contributed by atoms with Crippen molar-refractivity contribution >= 4 is 5.91 Å². The molecular weight excluding hydrogens is 452 g/mol. The number of carbonyl (C=O) groups is 1. The topological polar surface area (TPSA) is 80.5 Å². The number of benzene rings is 2. The van der Waals surface area contributed by atoms with Crippen LogP contribution in [0.3, 0.4) is 0 Å². The Balaban J connectivity index is 0.00000148. The number of para-hydroxylation sites is 1. The highest BCUT2D eigenvalue weighted by atomic mass is 16.5. The Morgan fingerprint density at radius 1 is 1.00 bits per heavy atom. The number of hydrogen-bond donors (Lipinski definition) is 1. The third kappa shape index (κ3) is 5.62. The summed E-state index contributed by atoms with van der Waals surface area (Å²) in [6, 6.07) is 15.3. The first-order valence-electron chi connectivity index (χ1n) is 13.3. The van der Waals surface area contributed by atoms with E-state index >= 15 is 0 Å². The number of rotatable bonds is 6. The maximum absolute atomic E-state index is 13.4. The minimum absolute atomic E-state index is 0.0425. The highest BCUT2D eigenvalue weighted by molar-refractivity contribution is 5.97. The van der Waals surface area contributed by atoms with Crippen LogP contribution in [-0.2, 0) is 5.60 Å². The lowest BCUT2D eigenvalue weighted by Crippen LogP contribution is -2.44. The first kappa shape index (κ1) is 25.9. The molecule has 2 heterocycles. The van der Waals surface area contributed by atoms with E-state index in [-0.39, 0.29) is 17.9 Å². The zero-order valence-corrected chi connectivity index (χ0v) is 21.6. The molecule has 1 saturated carbocycles. The summed E-state index contributed by atoms with van der Waals surface area (Å²) in [4.78, 5) is 16.7. The quantitative estimate of drug-likeness (QED) is 0.502. The fourth-order valence-corrected chi connectivity index (χ4v) is 5.36. The maximum Gasteiger partial charge on any atom is 0.256 e. The highest BCUT2D eigenvalue weighted by Gasteiger charge is 2.36. The number of likely N-dealkylation sites (tertiary alicyclic amines) is 1. The van der Waals surface area contributed by atoms with Gasteiger partial charge in [0.2, 0.25) is 0 Å². The van der Waals surface area contributed by atoms with Crippen molar-refractivity contribution < 1.29 is 14.6 Å². The molecule has 1 amide bonds. The number of amides is 1. The number of aliphatic hydroxyl groups is 1. The van der Waals surface area contributed by atoms with Crippen LogP contribution < -0.4 is 4.74 Å². The summed E-state index contributed by atoms with van der Waals surface area (Å²) in [6.07, 6.45) is 9.35. The van der Waals surface area contributed by atoms with Gasteiger partial charge in [0.1, 0.15) is 11.9 Å². The van der Waals surface area contributed by atoms with Crippen LogP contribution in [0.4, 0.5) is 0 Å². The van der Waals surface area contributed by atoms with E-state index in [4.69, 9.17) is 4.74 Å². The van der Waals surface area contributed by atoms with Gasteiger partial charge in [0.25, 0.3) is 5.91 Å². The second-order valence-electron chi connectivity index (χ2n) is 9.63. The lowest BCUT2D eigenvalue weighted by atomic mass is 9.82. The summed E-state index contributed by atoms with van der Waals surface area (Å²) in [6.45, 7) is 7.13. The van der Waals surface area contributed by atoms with E-state index in [1.807, 2.05) is 74.2 Å². The molecule has 1 N–H and O–H groups in total. The summed E-state index contributed by atoms with van der Waals surface area (Å²) in [7, 11) is 0. The van der Waals surface area contributed by atoms with Crippen molar-refractivity contribution in [1.82, 2.24) is 19.9 Å². The summed E-state index contributed by atoms with van der Waals surface area (Å²) < 4.78 is 6.34. The first-order valence-corrected chi connectivity index (χ1v) is 13.3. The Labute approximate surface area is 214 Å². The van der Waals surface area contributed by atoms with Crippen LogP contribution in [0, 0.1) is 5.92 Å². The van der Waals surface area contributed by atoms with Crippen molar-refractivity contribution in [2.45, 2.75) is 71.0 Å². The van der Waals surface area contributed by atoms with Crippen molar-refractivity contribution in [3.63, 3.8) is 0 Å². The van der Waals surface area contributed by atoms with Crippen LogP contribution in [0.5, 0.6) is 5.75 Å². The molecule has 2 aromatic carbocycles. The van der Waals surface area contributed by atoms with Crippen molar-refractivity contribution in [2.75, 3.05) is 13.1 Å². The summed E-state index contributed by atoms with van der Waals surface area (Å²) >= 11 is 0. The van der Waals surface area contributed by atoms with Crippen molar-refractivity contribution in [3.05, 3.63) is 72.1 Å². The molecule has 1 aliphatic heterocycles. The summed E-state index contributed by atoms with van der Waals surface area (Å²) in [5.41, 5.74) is 1.30. The zero-order chi connectivity index (χ0) is 25.5. The molecule has 3 aromatic rings. The van der Waals surface area contributed by atoms with Crippen LogP contribution in [0.15, 0.2) is 60.9 Å². The second-order valence-corrected chi connectivity index (χ2v) is 9.63. The van der Waals surface area contributed by atoms with Crippen LogP contribution in [0.1, 0.15) is 75.2 Å². The molecule has 1 saturated heterocycles. The van der Waals surface area contributed by atoms with E-state index in [0.717, 1.165) is 37.0 Å². The first-order chi connectivity index (χ1) is 17.5. The molecule has 7 nitrogen and oxygen atoms in total. The summed E-state index contributed by atoms with van der Waals surface area (Å²) in [5, 5.41) is 19.6. The van der Waals surface area contributed by atoms with Gasteiger partial charge in [0.15, 0.2) is 0 Å². The molecule has 0 bridgehead atoms. The summed E-state index contributed by atoms with van der Waals surface area (Å²) in [5.74, 6) is 0.991. The smallest absolute Gasteiger partial charge is 0.256 e. The zero-order valence-electron chi connectivity index (χ0n) is 21.6. The van der Waals surface area contributed by atoms with Crippen LogP contribution >= 0.6 is 0 Å². The van der Waals surface area contributed by atoms with E-state index in [2.05, 4.69) is 10.2 Å². The van der Waals surface area contributed by atoms with Gasteiger partial charge in [0, 0.05) is 6.54 Å². The third-order valence-electron chi connectivity index (χ3n) is 7.31. The monoisotopic (exact) mass is 490 g/mol. The molecule has 1 aromatic heterocycles. The minimum Gasteiger partial charge on any atom is -0.489 e. The van der Waals surface area contributed by atoms with Gasteiger partial charge in [0.05, 0.1) is 35.8 Å². The third-order valence-corrected chi connectivity index (χ3v) is 7.31. The van der Waals surface area contributed by atoms with E-state index in [9.17, 15) is 9.90 Å². The van der Waals surface area contributed by atoms with Crippen molar-refractivity contribution in [2.24, 2.45) is 5.92 Å². The molecule has 7 heteroatoms. The predicted octanol–water partition coefficient (Wildman–Crippen LogP) is 5.37. The molecule has 192 valence electrons. The molecule has 2 aliphatic rings. The molecule has 2 unspecified atom stereocenters. The Morgan fingerprint density at radius 3 is 2.47 bits per heavy atom. The number of piperidine rings is 1. The molecule has 36 heavy (non-hydrogen) atoms. The Bertz CT molecular complexity index is 1120. The Kier molecular flexibility index (Phi) is 8.41. The van der Waals surface area contributed by atoms with Gasteiger partial charge < -0.3 is 14.7 Å². The van der Waals surface area contributed by atoms with Crippen LogP contribution in [-0.4, -0.2) is 50.1 Å². The lowest BCUT2D eigenvalue weighted by molar-refractivity contribution is -0.00371. The van der Waals surface area contributed by atoms with E-state index < -0.39 is 5.60 Å². The van der Waals surface area contributed by atoms with Crippen LogP contribution in [0.25, 0.3) is 5.69 Å². The molecule has 2 fully saturated rings. The maximum atomic E-state index is 13.4. The number of ether oxygens (including phenoxy) is 1. The number of carbonyl (C=O) groups excluding carboxylic acids is 1. The van der Waals surface area contributed by atoms with E-state index in [1.54, 1.807) is 12.4 Å². The van der Waals surface area contributed by atoms with E-state index in [0.29, 0.717) is 24.3 Å². The number of nitrogens with zero attached hydrogens (tertiary/aromatic N) is 4. The van der Waals surface area contributed by atoms with Crippen LogP contribution in [0.2, 0.25) is 0 Å². The average molecular weight is 491 g/mol. The van der Waals surface area contributed by atoms with Gasteiger partial charge in [-0.05, 0) is 68.4 Å². The fourth-order valence-electron chi connectivity index (χ4n) is 5.36. The predicted molar refractivity (Wildman–Crippen MR) is 140 cm³/mol. The van der Waals surface area contributed by atoms with Gasteiger partial charge in [-0.15, -0.1) is 0 Å². The van der Waals surface area contributed by atoms with Gasteiger partial charge in [-0.25, -0.2) is 0 Å². The molecule has 1 aliphatic carbocycles. The molecule has 0 radical (unpaired) electrons. The standard InChI is InChI=1S/C27H32N4O3.C2H6/c1-27(33,20-8-2-3-9-20)21-10-6-11-22(18-21)34-23-12-7-17-30(19-23)26(32)24-13-4-5-14-25(24)31-28-15-16-29-31;1-2/h4-6,10-11,13-16,18,20,23,33H,2-3,7-9,12,17,19H2,1H3;1-2H3. The van der Waals surface area contributed by atoms with Gasteiger partial charge in [-0.2, -0.15) is 15.0 Å². The van der Waals surface area contributed by atoms with Gasteiger partial charge in [-0.1, -0.05) is 51.0 Å². The van der Waals surface area contributed by atoms with Crippen molar-refractivity contribution in [3.8, 4) is 11.4 Å². The minimum atomic E-state index is -0.852. The highest BCUT2D eigenvalue weighted by Crippen LogP contribution is 2.41. The second kappa shape index (κ2) is 11.7. The molecule has 0 spiro atoms. The van der Waals surface area contributed by atoms with Gasteiger partial charge in [-0.3, -0.25) is 4.79 Å².